The van der Waals surface area contributed by atoms with Crippen LogP contribution in [0.5, 0.6) is 0 Å². The van der Waals surface area contributed by atoms with Gasteiger partial charge in [0.05, 0.1) is 16.7 Å². The standard InChI is InChI=1S/C17H16N2O2/c1-17(2,12-8-4-3-5-9-12)18-19-15(20)13-10-6-7-11-14(13)16(19)21/h3-11,18H,1-2H3. The van der Waals surface area contributed by atoms with E-state index in [4.69, 9.17) is 0 Å². The van der Waals surface area contributed by atoms with E-state index in [9.17, 15) is 9.59 Å². The van der Waals surface area contributed by atoms with E-state index in [-0.39, 0.29) is 11.8 Å². The zero-order valence-corrected chi connectivity index (χ0v) is 12.0. The molecule has 0 aromatic heterocycles. The van der Waals surface area contributed by atoms with E-state index in [1.807, 2.05) is 44.2 Å². The van der Waals surface area contributed by atoms with Gasteiger partial charge in [-0.15, -0.1) is 0 Å². The average Bonchev–Trinajstić information content (AvgIpc) is 2.74. The lowest BCUT2D eigenvalue weighted by atomic mass is 9.95. The minimum absolute atomic E-state index is 0.306. The van der Waals surface area contributed by atoms with Crippen molar-refractivity contribution in [3.05, 3.63) is 71.3 Å². The normalized spacial score (nSPS) is 14.5. The second-order valence-electron chi connectivity index (χ2n) is 5.59. The van der Waals surface area contributed by atoms with E-state index in [2.05, 4.69) is 5.43 Å². The van der Waals surface area contributed by atoms with Crippen molar-refractivity contribution in [2.45, 2.75) is 19.4 Å². The van der Waals surface area contributed by atoms with Crippen molar-refractivity contribution in [2.24, 2.45) is 0 Å². The van der Waals surface area contributed by atoms with Gasteiger partial charge in [-0.2, -0.15) is 0 Å². The molecule has 0 atom stereocenters. The Labute approximate surface area is 123 Å². The molecule has 0 saturated heterocycles. The number of imide groups is 1. The molecule has 1 aliphatic rings. The number of carbonyl (C=O) groups is 2. The Morgan fingerprint density at radius 1 is 0.810 bits per heavy atom. The summed E-state index contributed by atoms with van der Waals surface area (Å²) in [4.78, 5) is 24.7. The Morgan fingerprint density at radius 3 is 1.81 bits per heavy atom. The maximum Gasteiger partial charge on any atom is 0.276 e. The van der Waals surface area contributed by atoms with Gasteiger partial charge >= 0.3 is 0 Å². The van der Waals surface area contributed by atoms with E-state index in [1.54, 1.807) is 24.3 Å². The van der Waals surface area contributed by atoms with Crippen LogP contribution in [0.2, 0.25) is 0 Å². The van der Waals surface area contributed by atoms with Crippen LogP contribution in [0.1, 0.15) is 40.1 Å². The number of hydrogen-bond donors (Lipinski definition) is 1. The van der Waals surface area contributed by atoms with Crippen LogP contribution in [-0.4, -0.2) is 16.8 Å². The third kappa shape index (κ3) is 2.23. The molecule has 0 bridgehead atoms. The Bertz CT molecular complexity index is 673. The largest absolute Gasteiger partial charge is 0.276 e. The monoisotopic (exact) mass is 280 g/mol. The summed E-state index contributed by atoms with van der Waals surface area (Å²) in [5.74, 6) is -0.612. The highest BCUT2D eigenvalue weighted by atomic mass is 16.2. The number of nitrogens with one attached hydrogen (secondary N) is 1. The third-order valence-corrected chi connectivity index (χ3v) is 3.68. The van der Waals surface area contributed by atoms with Gasteiger partial charge in [-0.1, -0.05) is 42.5 Å². The molecule has 0 saturated carbocycles. The van der Waals surface area contributed by atoms with Crippen LogP contribution >= 0.6 is 0 Å². The minimum Gasteiger partial charge on any atom is -0.267 e. The van der Waals surface area contributed by atoms with Crippen LogP contribution in [0, 0.1) is 0 Å². The van der Waals surface area contributed by atoms with Crippen molar-refractivity contribution in [1.29, 1.82) is 0 Å². The van der Waals surface area contributed by atoms with Crippen LogP contribution in [-0.2, 0) is 5.54 Å². The van der Waals surface area contributed by atoms with E-state index in [1.165, 1.54) is 0 Å². The third-order valence-electron chi connectivity index (χ3n) is 3.68. The number of hydrazine groups is 1. The number of hydrogen-bond acceptors (Lipinski definition) is 3. The second-order valence-corrected chi connectivity index (χ2v) is 5.59. The molecule has 0 fully saturated rings. The minimum atomic E-state index is -0.533. The predicted octanol–water partition coefficient (Wildman–Crippen LogP) is 2.72. The Hall–Kier alpha value is -2.46. The highest BCUT2D eigenvalue weighted by Gasteiger charge is 2.38. The Kier molecular flexibility index (Phi) is 3.11. The van der Waals surface area contributed by atoms with Gasteiger partial charge < -0.3 is 0 Å². The van der Waals surface area contributed by atoms with Gasteiger partial charge in [0, 0.05) is 0 Å². The lowest BCUT2D eigenvalue weighted by molar-refractivity contribution is 0.0478. The van der Waals surface area contributed by atoms with Gasteiger partial charge in [-0.3, -0.25) is 9.59 Å². The van der Waals surface area contributed by atoms with Gasteiger partial charge in [0.2, 0.25) is 0 Å². The molecule has 1 heterocycles. The molecular weight excluding hydrogens is 264 g/mol. The molecule has 0 spiro atoms. The van der Waals surface area contributed by atoms with Gasteiger partial charge in [0.25, 0.3) is 11.8 Å². The molecule has 0 aliphatic carbocycles. The summed E-state index contributed by atoms with van der Waals surface area (Å²) in [7, 11) is 0. The van der Waals surface area contributed by atoms with Gasteiger partial charge in [-0.25, -0.2) is 10.4 Å². The molecule has 3 rings (SSSR count). The first-order valence-corrected chi connectivity index (χ1v) is 6.82. The van der Waals surface area contributed by atoms with Crippen molar-refractivity contribution in [2.75, 3.05) is 0 Å². The molecular formula is C17H16N2O2. The van der Waals surface area contributed by atoms with E-state index >= 15 is 0 Å². The fourth-order valence-corrected chi connectivity index (χ4v) is 2.49. The first-order chi connectivity index (χ1) is 10.0. The zero-order chi connectivity index (χ0) is 15.0. The molecule has 2 aromatic rings. The van der Waals surface area contributed by atoms with Crippen LogP contribution in [0.4, 0.5) is 0 Å². The topological polar surface area (TPSA) is 49.4 Å². The highest BCUT2D eigenvalue weighted by molar-refractivity contribution is 6.20. The SMILES string of the molecule is CC(C)(NN1C(=O)c2ccccc2C1=O)c1ccccc1. The van der Waals surface area contributed by atoms with Crippen molar-refractivity contribution in [3.8, 4) is 0 Å². The van der Waals surface area contributed by atoms with Crippen LogP contribution in [0.25, 0.3) is 0 Å². The van der Waals surface area contributed by atoms with Crippen molar-refractivity contribution in [3.63, 3.8) is 0 Å². The Balaban J connectivity index is 1.90. The fraction of sp³-hybridized carbons (Fsp3) is 0.176. The van der Waals surface area contributed by atoms with E-state index in [0.29, 0.717) is 11.1 Å². The predicted molar refractivity (Wildman–Crippen MR) is 79.5 cm³/mol. The molecule has 0 unspecified atom stereocenters. The maximum absolute atomic E-state index is 12.4. The molecule has 1 aliphatic heterocycles. The molecule has 106 valence electrons. The number of fused-ring (bicyclic) bond motifs is 1. The Morgan fingerprint density at radius 2 is 1.29 bits per heavy atom. The molecule has 1 N–H and O–H groups in total. The summed E-state index contributed by atoms with van der Waals surface area (Å²) in [5, 5.41) is 1.11. The molecule has 0 radical (unpaired) electrons. The fourth-order valence-electron chi connectivity index (χ4n) is 2.49. The average molecular weight is 280 g/mol. The number of benzene rings is 2. The van der Waals surface area contributed by atoms with E-state index in [0.717, 1.165) is 10.6 Å². The summed E-state index contributed by atoms with van der Waals surface area (Å²) < 4.78 is 0. The lowest BCUT2D eigenvalue weighted by Crippen LogP contribution is -2.51. The highest BCUT2D eigenvalue weighted by Crippen LogP contribution is 2.25. The number of carbonyl (C=O) groups excluding carboxylic acids is 2. The first kappa shape index (κ1) is 13.5. The van der Waals surface area contributed by atoms with Crippen LogP contribution in [0.15, 0.2) is 54.6 Å². The molecule has 2 aromatic carbocycles. The van der Waals surface area contributed by atoms with Gasteiger partial charge in [-0.05, 0) is 31.5 Å². The van der Waals surface area contributed by atoms with Gasteiger partial charge in [0.1, 0.15) is 0 Å². The van der Waals surface area contributed by atoms with Crippen molar-refractivity contribution >= 4 is 11.8 Å². The summed E-state index contributed by atoms with van der Waals surface area (Å²) in [5.41, 5.74) is 4.41. The molecule has 4 heteroatoms. The zero-order valence-electron chi connectivity index (χ0n) is 12.0. The maximum atomic E-state index is 12.4. The summed E-state index contributed by atoms with van der Waals surface area (Å²) in [6.07, 6.45) is 0. The van der Waals surface area contributed by atoms with Crippen molar-refractivity contribution in [1.82, 2.24) is 10.4 Å². The first-order valence-electron chi connectivity index (χ1n) is 6.82. The molecule has 2 amide bonds. The van der Waals surface area contributed by atoms with Crippen molar-refractivity contribution < 1.29 is 9.59 Å². The second kappa shape index (κ2) is 4.82. The smallest absolute Gasteiger partial charge is 0.267 e. The quantitative estimate of drug-likeness (QED) is 0.879. The van der Waals surface area contributed by atoms with Crippen LogP contribution < -0.4 is 5.43 Å². The number of nitrogens with zero attached hydrogens (tertiary/aromatic N) is 1. The molecule has 4 nitrogen and oxygen atoms in total. The summed E-state index contributed by atoms with van der Waals surface area (Å²) in [6, 6.07) is 16.6. The van der Waals surface area contributed by atoms with E-state index < -0.39 is 5.54 Å². The van der Waals surface area contributed by atoms with Gasteiger partial charge in [0.15, 0.2) is 0 Å². The lowest BCUT2D eigenvalue weighted by Gasteiger charge is -2.31. The summed E-state index contributed by atoms with van der Waals surface area (Å²) >= 11 is 0. The number of amides is 2. The molecule has 21 heavy (non-hydrogen) atoms. The number of rotatable bonds is 3. The summed E-state index contributed by atoms with van der Waals surface area (Å²) in [6.45, 7) is 3.87. The van der Waals surface area contributed by atoms with Crippen LogP contribution in [0.3, 0.4) is 0 Å².